The Labute approximate surface area is 222 Å². The number of aromatic nitrogens is 5. The van der Waals surface area contributed by atoms with Crippen LogP contribution < -0.4 is 19.6 Å². The van der Waals surface area contributed by atoms with Gasteiger partial charge in [0.15, 0.2) is 17.3 Å². The first-order valence-electron chi connectivity index (χ1n) is 11.9. The number of para-hydroxylation sites is 1. The highest BCUT2D eigenvalue weighted by atomic mass is 32.1. The van der Waals surface area contributed by atoms with Gasteiger partial charge in [-0.25, -0.2) is 4.68 Å². The fraction of sp³-hybridized carbons (Fsp3) is 0.103. The van der Waals surface area contributed by atoms with E-state index < -0.39 is 0 Å². The summed E-state index contributed by atoms with van der Waals surface area (Å²) in [7, 11) is 3.20. The van der Waals surface area contributed by atoms with Crippen LogP contribution in [0, 0.1) is 6.92 Å². The monoisotopic (exact) mass is 521 g/mol. The Bertz CT molecular complexity index is 1890. The Morgan fingerprint density at radius 3 is 2.42 bits per heavy atom. The molecule has 0 spiro atoms. The third kappa shape index (κ3) is 4.22. The van der Waals surface area contributed by atoms with Crippen LogP contribution in [-0.2, 0) is 0 Å². The number of aryl methyl sites for hydroxylation is 1. The van der Waals surface area contributed by atoms with E-state index in [0.29, 0.717) is 32.5 Å². The summed E-state index contributed by atoms with van der Waals surface area (Å²) in [6, 6.07) is 23.4. The van der Waals surface area contributed by atoms with E-state index in [1.165, 1.54) is 15.9 Å². The zero-order valence-corrected chi connectivity index (χ0v) is 21.8. The number of hydrogen-bond donors (Lipinski definition) is 0. The van der Waals surface area contributed by atoms with Crippen LogP contribution in [0.5, 0.6) is 11.5 Å². The van der Waals surface area contributed by atoms with E-state index in [-0.39, 0.29) is 5.56 Å². The molecule has 188 valence electrons. The molecule has 0 saturated carbocycles. The van der Waals surface area contributed by atoms with Crippen molar-refractivity contribution < 1.29 is 9.47 Å². The van der Waals surface area contributed by atoms with Crippen LogP contribution in [0.4, 0.5) is 0 Å². The molecule has 0 fully saturated rings. The standard InChI is InChI=1S/C29H23N5O3S/c1-18-8-7-9-20(14-18)27-30-29-34(32-27)28(35)25(38-29)16-21-17-33(22-10-5-4-6-11-22)31-26(21)19-12-13-23(36-2)24(15-19)37-3/h4-17H,1-3H3. The van der Waals surface area contributed by atoms with Gasteiger partial charge in [0, 0.05) is 22.9 Å². The number of ether oxygens (including phenoxy) is 2. The summed E-state index contributed by atoms with van der Waals surface area (Å²) >= 11 is 1.30. The number of rotatable bonds is 6. The zero-order valence-electron chi connectivity index (χ0n) is 21.0. The summed E-state index contributed by atoms with van der Waals surface area (Å²) in [4.78, 5) is 18.5. The Hall–Kier alpha value is -4.76. The predicted molar refractivity (Wildman–Crippen MR) is 148 cm³/mol. The molecular weight excluding hydrogens is 498 g/mol. The van der Waals surface area contributed by atoms with E-state index in [1.54, 1.807) is 18.9 Å². The first-order valence-corrected chi connectivity index (χ1v) is 12.7. The fourth-order valence-electron chi connectivity index (χ4n) is 4.30. The second kappa shape index (κ2) is 9.60. The number of methoxy groups -OCH3 is 2. The van der Waals surface area contributed by atoms with Gasteiger partial charge in [-0.2, -0.15) is 14.6 Å². The molecule has 6 rings (SSSR count). The van der Waals surface area contributed by atoms with Crippen molar-refractivity contribution in [1.29, 1.82) is 0 Å². The number of fused-ring (bicyclic) bond motifs is 1. The van der Waals surface area contributed by atoms with Gasteiger partial charge in [-0.3, -0.25) is 4.79 Å². The SMILES string of the molecule is COc1ccc(-c2nn(-c3ccccc3)cc2C=c2sc3nc(-c4cccc(C)c4)nn3c2=O)cc1OC. The van der Waals surface area contributed by atoms with Gasteiger partial charge in [0.2, 0.25) is 4.96 Å². The van der Waals surface area contributed by atoms with Crippen molar-refractivity contribution in [1.82, 2.24) is 24.4 Å². The summed E-state index contributed by atoms with van der Waals surface area (Å²) in [5.41, 5.74) is 4.98. The van der Waals surface area contributed by atoms with Gasteiger partial charge < -0.3 is 9.47 Å². The van der Waals surface area contributed by atoms with E-state index in [4.69, 9.17) is 14.6 Å². The Balaban J connectivity index is 1.49. The van der Waals surface area contributed by atoms with Crippen molar-refractivity contribution >= 4 is 22.4 Å². The van der Waals surface area contributed by atoms with E-state index in [1.807, 2.05) is 92.0 Å². The normalized spacial score (nSPS) is 11.8. The molecule has 0 aliphatic rings. The summed E-state index contributed by atoms with van der Waals surface area (Å²) in [6.45, 7) is 2.01. The van der Waals surface area contributed by atoms with E-state index >= 15 is 0 Å². The summed E-state index contributed by atoms with van der Waals surface area (Å²) < 4.78 is 14.6. The van der Waals surface area contributed by atoms with E-state index in [0.717, 1.165) is 27.9 Å². The first kappa shape index (κ1) is 23.6. The minimum Gasteiger partial charge on any atom is -0.493 e. The second-order valence-electron chi connectivity index (χ2n) is 8.70. The van der Waals surface area contributed by atoms with Crippen LogP contribution in [0.1, 0.15) is 11.1 Å². The molecule has 0 amide bonds. The van der Waals surface area contributed by atoms with Gasteiger partial charge in [-0.05, 0) is 49.4 Å². The topological polar surface area (TPSA) is 83.5 Å². The molecule has 0 unspecified atom stereocenters. The maximum absolute atomic E-state index is 13.3. The molecule has 0 atom stereocenters. The molecule has 6 aromatic rings. The Kier molecular flexibility index (Phi) is 5.97. The largest absolute Gasteiger partial charge is 0.493 e. The molecule has 0 saturated heterocycles. The van der Waals surface area contributed by atoms with Gasteiger partial charge in [0.1, 0.15) is 5.69 Å². The molecule has 9 heteroatoms. The number of thiazole rings is 1. The molecule has 3 aromatic carbocycles. The number of nitrogens with zero attached hydrogens (tertiary/aromatic N) is 5. The van der Waals surface area contributed by atoms with Gasteiger partial charge in [-0.15, -0.1) is 5.10 Å². The fourth-order valence-corrected chi connectivity index (χ4v) is 5.19. The van der Waals surface area contributed by atoms with Crippen LogP contribution in [0.25, 0.3) is 39.4 Å². The van der Waals surface area contributed by atoms with Crippen LogP contribution in [0.2, 0.25) is 0 Å². The smallest absolute Gasteiger partial charge is 0.291 e. The number of hydrogen-bond acceptors (Lipinski definition) is 7. The molecule has 3 heterocycles. The third-order valence-electron chi connectivity index (χ3n) is 6.16. The maximum atomic E-state index is 13.3. The minimum atomic E-state index is -0.220. The Morgan fingerprint density at radius 1 is 0.868 bits per heavy atom. The van der Waals surface area contributed by atoms with Crippen LogP contribution in [0.15, 0.2) is 83.8 Å². The van der Waals surface area contributed by atoms with Crippen molar-refractivity contribution in [2.45, 2.75) is 6.92 Å². The molecule has 0 aliphatic heterocycles. The molecule has 0 aliphatic carbocycles. The molecule has 8 nitrogen and oxygen atoms in total. The molecule has 0 bridgehead atoms. The van der Waals surface area contributed by atoms with Crippen LogP contribution in [0.3, 0.4) is 0 Å². The van der Waals surface area contributed by atoms with Crippen molar-refractivity contribution in [2.75, 3.05) is 14.2 Å². The van der Waals surface area contributed by atoms with Gasteiger partial charge in [-0.1, -0.05) is 53.3 Å². The van der Waals surface area contributed by atoms with E-state index in [2.05, 4.69) is 10.1 Å². The van der Waals surface area contributed by atoms with Crippen LogP contribution >= 0.6 is 11.3 Å². The molecule has 0 radical (unpaired) electrons. The lowest BCUT2D eigenvalue weighted by Gasteiger charge is -2.09. The lowest BCUT2D eigenvalue weighted by Crippen LogP contribution is -2.23. The Morgan fingerprint density at radius 2 is 1.68 bits per heavy atom. The average molecular weight is 522 g/mol. The highest BCUT2D eigenvalue weighted by molar-refractivity contribution is 7.15. The van der Waals surface area contributed by atoms with Gasteiger partial charge >= 0.3 is 0 Å². The van der Waals surface area contributed by atoms with Crippen LogP contribution in [-0.4, -0.2) is 38.6 Å². The van der Waals surface area contributed by atoms with Crippen molar-refractivity contribution in [3.8, 4) is 39.8 Å². The lowest BCUT2D eigenvalue weighted by molar-refractivity contribution is 0.355. The number of benzene rings is 3. The molecule has 0 N–H and O–H groups in total. The summed E-state index contributed by atoms with van der Waals surface area (Å²) in [5.74, 6) is 1.75. The average Bonchev–Trinajstić information content (AvgIpc) is 3.64. The van der Waals surface area contributed by atoms with Gasteiger partial charge in [0.25, 0.3) is 5.56 Å². The molecule has 3 aromatic heterocycles. The lowest BCUT2D eigenvalue weighted by atomic mass is 10.1. The molecular formula is C29H23N5O3S. The van der Waals surface area contributed by atoms with Crippen molar-refractivity contribution in [3.05, 3.63) is 105 Å². The predicted octanol–water partition coefficient (Wildman–Crippen LogP) is 4.54. The first-order chi connectivity index (χ1) is 18.5. The highest BCUT2D eigenvalue weighted by Gasteiger charge is 2.16. The highest BCUT2D eigenvalue weighted by Crippen LogP contribution is 2.33. The van der Waals surface area contributed by atoms with Crippen molar-refractivity contribution in [3.63, 3.8) is 0 Å². The maximum Gasteiger partial charge on any atom is 0.291 e. The summed E-state index contributed by atoms with van der Waals surface area (Å²) in [6.07, 6.45) is 3.75. The third-order valence-corrected chi connectivity index (χ3v) is 7.12. The second-order valence-corrected chi connectivity index (χ2v) is 9.71. The zero-order chi connectivity index (χ0) is 26.2. The minimum absolute atomic E-state index is 0.220. The quantitative estimate of drug-likeness (QED) is 0.320. The molecule has 38 heavy (non-hydrogen) atoms. The van der Waals surface area contributed by atoms with E-state index in [9.17, 15) is 4.79 Å². The van der Waals surface area contributed by atoms with Crippen molar-refractivity contribution in [2.24, 2.45) is 0 Å². The summed E-state index contributed by atoms with van der Waals surface area (Å²) in [5, 5.41) is 9.36. The van der Waals surface area contributed by atoms with Gasteiger partial charge in [0.05, 0.1) is 24.4 Å².